The summed E-state index contributed by atoms with van der Waals surface area (Å²) in [6.07, 6.45) is 1.40. The van der Waals surface area contributed by atoms with Crippen LogP contribution in [-0.4, -0.2) is 24.5 Å². The van der Waals surface area contributed by atoms with Gasteiger partial charge in [-0.05, 0) is 59.5 Å². The highest BCUT2D eigenvalue weighted by molar-refractivity contribution is 5.80. The normalized spacial score (nSPS) is 11.0. The first kappa shape index (κ1) is 20.6. The molecule has 5 heteroatoms. The molecule has 3 rings (SSSR count). The zero-order chi connectivity index (χ0) is 20.8. The lowest BCUT2D eigenvalue weighted by Crippen LogP contribution is -2.26. The molecule has 5 nitrogen and oxygen atoms in total. The van der Waals surface area contributed by atoms with Gasteiger partial charge in [0.2, 0.25) is 5.91 Å². The van der Waals surface area contributed by atoms with Crippen LogP contribution in [-0.2, 0) is 17.6 Å². The standard InChI is InChI=1S/C24H28N2O3/c1-16(2)18-8-10-21-20(14-18)15-19(24(28)26-21)9-11-23(27)25-13-12-17-6-4-5-7-22(17)29-3/h4-8,10,14-16H,9,11-13H2,1-3H3,(H,25,27)(H,26,28). The van der Waals surface area contributed by atoms with Crippen LogP contribution in [0.5, 0.6) is 5.75 Å². The number of ether oxygens (including phenoxy) is 1. The third kappa shape index (κ3) is 5.25. The van der Waals surface area contributed by atoms with Crippen LogP contribution in [0.15, 0.2) is 53.3 Å². The van der Waals surface area contributed by atoms with Crippen molar-refractivity contribution in [3.8, 4) is 5.75 Å². The topological polar surface area (TPSA) is 71.2 Å². The molecule has 1 aromatic heterocycles. The molecule has 0 radical (unpaired) electrons. The van der Waals surface area contributed by atoms with Gasteiger partial charge >= 0.3 is 0 Å². The van der Waals surface area contributed by atoms with Gasteiger partial charge in [0.15, 0.2) is 0 Å². The summed E-state index contributed by atoms with van der Waals surface area (Å²) in [4.78, 5) is 27.5. The number of benzene rings is 2. The van der Waals surface area contributed by atoms with E-state index in [1.54, 1.807) is 7.11 Å². The van der Waals surface area contributed by atoms with Crippen LogP contribution < -0.4 is 15.6 Å². The third-order valence-corrected chi connectivity index (χ3v) is 5.14. The first-order valence-electron chi connectivity index (χ1n) is 10.0. The van der Waals surface area contributed by atoms with E-state index < -0.39 is 0 Å². The molecule has 1 amide bonds. The number of hydrogen-bond donors (Lipinski definition) is 2. The Kier molecular flexibility index (Phi) is 6.70. The summed E-state index contributed by atoms with van der Waals surface area (Å²) in [5.74, 6) is 1.18. The molecule has 0 aliphatic heterocycles. The lowest BCUT2D eigenvalue weighted by molar-refractivity contribution is -0.121. The number of H-pyrrole nitrogens is 1. The number of pyridine rings is 1. The lowest BCUT2D eigenvalue weighted by atomic mass is 10.00. The molecular weight excluding hydrogens is 364 g/mol. The maximum Gasteiger partial charge on any atom is 0.251 e. The minimum absolute atomic E-state index is 0.0599. The van der Waals surface area contributed by atoms with Gasteiger partial charge in [-0.1, -0.05) is 38.1 Å². The number of aromatic amines is 1. The van der Waals surface area contributed by atoms with E-state index in [4.69, 9.17) is 4.74 Å². The van der Waals surface area contributed by atoms with Crippen LogP contribution in [0, 0.1) is 0 Å². The van der Waals surface area contributed by atoms with E-state index in [0.717, 1.165) is 22.2 Å². The minimum atomic E-state index is -0.128. The van der Waals surface area contributed by atoms with Gasteiger partial charge in [0.05, 0.1) is 7.11 Å². The second-order valence-electron chi connectivity index (χ2n) is 7.54. The second-order valence-corrected chi connectivity index (χ2v) is 7.54. The molecule has 0 aliphatic carbocycles. The van der Waals surface area contributed by atoms with Gasteiger partial charge in [0.1, 0.15) is 5.75 Å². The molecule has 0 bridgehead atoms. The van der Waals surface area contributed by atoms with E-state index in [2.05, 4.69) is 30.2 Å². The highest BCUT2D eigenvalue weighted by Crippen LogP contribution is 2.20. The number of aryl methyl sites for hydroxylation is 1. The molecule has 0 fully saturated rings. The fourth-order valence-corrected chi connectivity index (χ4v) is 3.40. The molecule has 2 aromatic carbocycles. The van der Waals surface area contributed by atoms with Crippen molar-refractivity contribution in [2.24, 2.45) is 0 Å². The van der Waals surface area contributed by atoms with Gasteiger partial charge in [0.25, 0.3) is 5.56 Å². The average molecular weight is 392 g/mol. The van der Waals surface area contributed by atoms with Crippen molar-refractivity contribution >= 4 is 16.8 Å². The summed E-state index contributed by atoms with van der Waals surface area (Å²) in [6.45, 7) is 4.82. The van der Waals surface area contributed by atoms with Gasteiger partial charge in [-0.3, -0.25) is 9.59 Å². The van der Waals surface area contributed by atoms with Crippen molar-refractivity contribution in [1.29, 1.82) is 0 Å². The zero-order valence-electron chi connectivity index (χ0n) is 17.2. The van der Waals surface area contributed by atoms with Gasteiger partial charge < -0.3 is 15.0 Å². The molecule has 0 saturated heterocycles. The lowest BCUT2D eigenvalue weighted by Gasteiger charge is -2.10. The number of methoxy groups -OCH3 is 1. The molecule has 0 unspecified atom stereocenters. The van der Waals surface area contributed by atoms with Crippen molar-refractivity contribution in [3.63, 3.8) is 0 Å². The fourth-order valence-electron chi connectivity index (χ4n) is 3.40. The molecule has 0 atom stereocenters. The number of para-hydroxylation sites is 1. The van der Waals surface area contributed by atoms with Crippen LogP contribution >= 0.6 is 0 Å². The number of carbonyl (C=O) groups excluding carboxylic acids is 1. The maximum atomic E-state index is 12.3. The van der Waals surface area contributed by atoms with E-state index in [1.807, 2.05) is 42.5 Å². The smallest absolute Gasteiger partial charge is 0.251 e. The largest absolute Gasteiger partial charge is 0.496 e. The average Bonchev–Trinajstić information content (AvgIpc) is 2.72. The predicted octanol–water partition coefficient (Wildman–Crippen LogP) is 3.95. The summed E-state index contributed by atoms with van der Waals surface area (Å²) in [5, 5.41) is 3.93. The van der Waals surface area contributed by atoms with E-state index in [-0.39, 0.29) is 17.9 Å². The Morgan fingerprint density at radius 3 is 2.62 bits per heavy atom. The molecule has 2 N–H and O–H groups in total. The van der Waals surface area contributed by atoms with Crippen molar-refractivity contribution in [2.75, 3.05) is 13.7 Å². The van der Waals surface area contributed by atoms with Crippen LogP contribution in [0.1, 0.15) is 42.9 Å². The van der Waals surface area contributed by atoms with Crippen LogP contribution in [0.25, 0.3) is 10.9 Å². The fraction of sp³-hybridized carbons (Fsp3) is 0.333. The first-order chi connectivity index (χ1) is 14.0. The summed E-state index contributed by atoms with van der Waals surface area (Å²) in [7, 11) is 1.64. The number of hydrogen-bond acceptors (Lipinski definition) is 3. The number of rotatable bonds is 8. The first-order valence-corrected chi connectivity index (χ1v) is 10.0. The minimum Gasteiger partial charge on any atom is -0.496 e. The van der Waals surface area contributed by atoms with E-state index in [1.165, 1.54) is 5.56 Å². The summed E-state index contributed by atoms with van der Waals surface area (Å²) >= 11 is 0. The summed E-state index contributed by atoms with van der Waals surface area (Å²) < 4.78 is 5.33. The predicted molar refractivity (Wildman–Crippen MR) is 117 cm³/mol. The Balaban J connectivity index is 1.58. The molecule has 1 heterocycles. The summed E-state index contributed by atoms with van der Waals surface area (Å²) in [6, 6.07) is 15.8. The van der Waals surface area contributed by atoms with E-state index in [9.17, 15) is 9.59 Å². The quantitative estimate of drug-likeness (QED) is 0.610. The van der Waals surface area contributed by atoms with Crippen molar-refractivity contribution in [1.82, 2.24) is 10.3 Å². The van der Waals surface area contributed by atoms with Crippen LogP contribution in [0.2, 0.25) is 0 Å². The van der Waals surface area contributed by atoms with Crippen molar-refractivity contribution in [2.45, 2.75) is 39.0 Å². The van der Waals surface area contributed by atoms with Gasteiger partial charge in [-0.25, -0.2) is 0 Å². The molecule has 152 valence electrons. The maximum absolute atomic E-state index is 12.3. The highest BCUT2D eigenvalue weighted by Gasteiger charge is 2.09. The van der Waals surface area contributed by atoms with Crippen molar-refractivity contribution in [3.05, 3.63) is 75.6 Å². The van der Waals surface area contributed by atoms with Crippen LogP contribution in [0.4, 0.5) is 0 Å². The number of amides is 1. The molecule has 0 saturated carbocycles. The number of nitrogens with one attached hydrogen (secondary N) is 2. The Morgan fingerprint density at radius 1 is 1.07 bits per heavy atom. The van der Waals surface area contributed by atoms with E-state index >= 15 is 0 Å². The Hall–Kier alpha value is -3.08. The molecule has 0 spiro atoms. The molecule has 3 aromatic rings. The van der Waals surface area contributed by atoms with Gasteiger partial charge in [0, 0.05) is 24.0 Å². The molecular formula is C24H28N2O3. The number of fused-ring (bicyclic) bond motifs is 1. The zero-order valence-corrected chi connectivity index (χ0v) is 17.2. The second kappa shape index (κ2) is 9.41. The van der Waals surface area contributed by atoms with Crippen molar-refractivity contribution < 1.29 is 9.53 Å². The van der Waals surface area contributed by atoms with Crippen LogP contribution in [0.3, 0.4) is 0 Å². The SMILES string of the molecule is COc1ccccc1CCNC(=O)CCc1cc2cc(C(C)C)ccc2[nH]c1=O. The number of carbonyl (C=O) groups is 1. The highest BCUT2D eigenvalue weighted by atomic mass is 16.5. The Morgan fingerprint density at radius 2 is 1.86 bits per heavy atom. The Labute approximate surface area is 171 Å². The van der Waals surface area contributed by atoms with E-state index in [0.29, 0.717) is 30.9 Å². The molecule has 29 heavy (non-hydrogen) atoms. The molecule has 0 aliphatic rings. The van der Waals surface area contributed by atoms with Gasteiger partial charge in [-0.15, -0.1) is 0 Å². The Bertz CT molecular complexity index is 1050. The third-order valence-electron chi connectivity index (χ3n) is 5.14. The number of aromatic nitrogens is 1. The van der Waals surface area contributed by atoms with Gasteiger partial charge in [-0.2, -0.15) is 0 Å². The monoisotopic (exact) mass is 392 g/mol. The summed E-state index contributed by atoms with van der Waals surface area (Å²) in [5.41, 5.74) is 3.62.